The average Bonchev–Trinajstić information content (AvgIpc) is 2.82. The van der Waals surface area contributed by atoms with Gasteiger partial charge in [-0.15, -0.1) is 0 Å². The van der Waals surface area contributed by atoms with Crippen LogP contribution in [0.25, 0.3) is 0 Å². The van der Waals surface area contributed by atoms with E-state index in [4.69, 9.17) is 20.4 Å². The van der Waals surface area contributed by atoms with E-state index in [2.05, 4.69) is 5.32 Å². The normalized spacial score (nSPS) is 13.2. The van der Waals surface area contributed by atoms with Gasteiger partial charge in [0.15, 0.2) is 11.6 Å². The molecule has 0 spiro atoms. The van der Waals surface area contributed by atoms with E-state index in [0.29, 0.717) is 24.2 Å². The summed E-state index contributed by atoms with van der Waals surface area (Å²) in [6.07, 6.45) is -4.59. The van der Waals surface area contributed by atoms with Gasteiger partial charge in [0.25, 0.3) is 0 Å². The first-order valence-electron chi connectivity index (χ1n) is 10.8. The number of nitrogens with two attached hydrogens (primary N) is 1. The summed E-state index contributed by atoms with van der Waals surface area (Å²) in [6.45, 7) is 4.28. The van der Waals surface area contributed by atoms with Crippen LogP contribution in [0.4, 0.5) is 18.9 Å². The number of aliphatic carboxylic acids is 1. The Bertz CT molecular complexity index is 1160. The number of esters is 1. The third kappa shape index (κ3) is 6.60. The molecule has 0 aliphatic heterocycles. The molecule has 1 aliphatic rings. The zero-order valence-corrected chi connectivity index (χ0v) is 19.4. The van der Waals surface area contributed by atoms with Crippen LogP contribution in [0.1, 0.15) is 52.1 Å². The van der Waals surface area contributed by atoms with Crippen LogP contribution < -0.4 is 11.1 Å². The third-order valence-corrected chi connectivity index (χ3v) is 5.17. The fourth-order valence-electron chi connectivity index (χ4n) is 3.19. The number of ketones is 2. The number of carbonyl (C=O) groups is 4. The number of alkyl halides is 3. The van der Waals surface area contributed by atoms with Crippen molar-refractivity contribution in [2.24, 2.45) is 11.7 Å². The number of carboxylic acids is 1. The van der Waals surface area contributed by atoms with Crippen molar-refractivity contribution >= 4 is 29.2 Å². The molecule has 1 aliphatic carbocycles. The van der Waals surface area contributed by atoms with Crippen LogP contribution in [-0.2, 0) is 14.3 Å². The Kier molecular flexibility index (Phi) is 9.17. The lowest BCUT2D eigenvalue weighted by Gasteiger charge is -2.21. The number of ether oxygens (including phenoxy) is 1. The number of fused-ring (bicyclic) bond motifs is 2. The summed E-state index contributed by atoms with van der Waals surface area (Å²) >= 11 is 0. The number of carboxylic acid groups (broad SMARTS) is 1. The van der Waals surface area contributed by atoms with Crippen LogP contribution in [0.3, 0.4) is 0 Å². The fraction of sp³-hybridized carbons (Fsp3) is 0.333. The fourth-order valence-corrected chi connectivity index (χ4v) is 3.19. The summed E-state index contributed by atoms with van der Waals surface area (Å²) in [7, 11) is 0. The molecule has 9 nitrogen and oxygen atoms in total. The molecule has 0 saturated heterocycles. The van der Waals surface area contributed by atoms with Crippen molar-refractivity contribution < 1.29 is 47.3 Å². The number of halogens is 3. The highest BCUT2D eigenvalue weighted by Crippen LogP contribution is 2.36. The molecule has 2 aromatic carbocycles. The number of rotatable bonds is 7. The van der Waals surface area contributed by atoms with Gasteiger partial charge >= 0.3 is 18.1 Å². The molecule has 3 rings (SSSR count). The van der Waals surface area contributed by atoms with Crippen molar-refractivity contribution in [2.75, 3.05) is 18.5 Å². The van der Waals surface area contributed by atoms with Gasteiger partial charge in [-0.25, -0.2) is 4.79 Å². The van der Waals surface area contributed by atoms with Gasteiger partial charge in [0, 0.05) is 23.4 Å². The summed E-state index contributed by atoms with van der Waals surface area (Å²) < 4.78 is 36.9. The zero-order chi connectivity index (χ0) is 27.2. The van der Waals surface area contributed by atoms with E-state index in [1.54, 1.807) is 30.3 Å². The van der Waals surface area contributed by atoms with Gasteiger partial charge in [-0.05, 0) is 24.5 Å². The largest absolute Gasteiger partial charge is 0.507 e. The van der Waals surface area contributed by atoms with Crippen LogP contribution in [0.2, 0.25) is 0 Å². The number of hydrogen-bond donors (Lipinski definition) is 4. The van der Waals surface area contributed by atoms with Crippen LogP contribution >= 0.6 is 0 Å². The van der Waals surface area contributed by atoms with Crippen LogP contribution in [0.5, 0.6) is 5.75 Å². The lowest BCUT2D eigenvalue weighted by atomic mass is 9.82. The molecule has 12 heteroatoms. The zero-order valence-electron chi connectivity index (χ0n) is 19.4. The Morgan fingerprint density at radius 2 is 1.56 bits per heavy atom. The minimum absolute atomic E-state index is 0.00410. The molecule has 0 unspecified atom stereocenters. The highest BCUT2D eigenvalue weighted by Gasteiger charge is 2.38. The highest BCUT2D eigenvalue weighted by molar-refractivity contribution is 6.31. The highest BCUT2D eigenvalue weighted by atomic mass is 19.4. The Balaban J connectivity index is 0.000000572. The molecule has 0 aromatic heterocycles. The van der Waals surface area contributed by atoms with E-state index in [0.717, 1.165) is 0 Å². The van der Waals surface area contributed by atoms with E-state index in [1.807, 2.05) is 13.8 Å². The number of anilines is 1. The third-order valence-electron chi connectivity index (χ3n) is 5.17. The second-order valence-electron chi connectivity index (χ2n) is 8.11. The van der Waals surface area contributed by atoms with E-state index in [9.17, 15) is 32.7 Å². The Labute approximate surface area is 204 Å². The smallest absolute Gasteiger partial charge is 0.490 e. The van der Waals surface area contributed by atoms with Crippen molar-refractivity contribution in [3.05, 3.63) is 58.7 Å². The first-order chi connectivity index (χ1) is 16.8. The first-order valence-corrected chi connectivity index (χ1v) is 10.8. The van der Waals surface area contributed by atoms with Gasteiger partial charge in [0.1, 0.15) is 11.8 Å². The molecule has 5 N–H and O–H groups in total. The molecule has 1 atom stereocenters. The maximum absolute atomic E-state index is 13.0. The second kappa shape index (κ2) is 11.7. The monoisotopic (exact) mass is 510 g/mol. The van der Waals surface area contributed by atoms with Crippen molar-refractivity contribution in [3.8, 4) is 5.75 Å². The lowest BCUT2D eigenvalue weighted by molar-refractivity contribution is -0.192. The number of carbonyl (C=O) groups excluding carboxylic acids is 3. The van der Waals surface area contributed by atoms with Crippen molar-refractivity contribution in [3.63, 3.8) is 0 Å². The Morgan fingerprint density at radius 3 is 2.06 bits per heavy atom. The predicted octanol–water partition coefficient (Wildman–Crippen LogP) is 3.13. The maximum Gasteiger partial charge on any atom is 0.490 e. The molecule has 0 radical (unpaired) electrons. The molecule has 0 fully saturated rings. The van der Waals surface area contributed by atoms with E-state index < -0.39 is 24.2 Å². The van der Waals surface area contributed by atoms with Gasteiger partial charge in [-0.1, -0.05) is 38.1 Å². The summed E-state index contributed by atoms with van der Waals surface area (Å²) in [5.74, 6) is -4.13. The maximum atomic E-state index is 13.0. The number of benzene rings is 2. The molecule has 194 valence electrons. The van der Waals surface area contributed by atoms with Gasteiger partial charge in [-0.2, -0.15) is 13.2 Å². The van der Waals surface area contributed by atoms with Gasteiger partial charge in [0.05, 0.1) is 17.7 Å². The topological polar surface area (TPSA) is 156 Å². The number of phenols is 1. The van der Waals surface area contributed by atoms with E-state index in [-0.39, 0.29) is 46.5 Å². The van der Waals surface area contributed by atoms with E-state index >= 15 is 0 Å². The minimum Gasteiger partial charge on any atom is -0.507 e. The molecular formula is C24H25F3N2O7. The Hall–Kier alpha value is -3.93. The average molecular weight is 510 g/mol. The molecule has 2 aromatic rings. The number of aromatic hydroxyl groups is 1. The predicted molar refractivity (Wildman–Crippen MR) is 122 cm³/mol. The molecule has 0 heterocycles. The number of phenolic OH excluding ortho intramolecular Hbond substituents is 1. The molecule has 36 heavy (non-hydrogen) atoms. The van der Waals surface area contributed by atoms with Crippen molar-refractivity contribution in [1.29, 1.82) is 0 Å². The summed E-state index contributed by atoms with van der Waals surface area (Å²) in [5, 5.41) is 20.4. The van der Waals surface area contributed by atoms with Gasteiger partial charge in [-0.3, -0.25) is 14.4 Å². The van der Waals surface area contributed by atoms with Crippen molar-refractivity contribution in [2.45, 2.75) is 32.5 Å². The van der Waals surface area contributed by atoms with Crippen LogP contribution in [0.15, 0.2) is 36.4 Å². The Morgan fingerprint density at radius 1 is 1.03 bits per heavy atom. The summed E-state index contributed by atoms with van der Waals surface area (Å²) in [5.41, 5.74) is 6.96. The van der Waals surface area contributed by atoms with Gasteiger partial charge < -0.3 is 26.0 Å². The minimum atomic E-state index is -5.08. The first kappa shape index (κ1) is 28.3. The SMILES string of the molecule is CC(C)[C@H](N)C(=O)OCCCNc1ccc(O)c2c1C(=O)c1ccccc1C2=O.O=C(O)C(F)(F)F. The second-order valence-corrected chi connectivity index (χ2v) is 8.11. The quantitative estimate of drug-likeness (QED) is 0.213. The standard InChI is InChI=1S/C22H24N2O5.C2HF3O2/c1-12(2)19(23)22(28)29-11-5-10-24-15-8-9-16(25)18-17(15)20(26)13-6-3-4-7-14(13)21(18)27;3-2(4,5)1(6)7/h3-4,6-9,12,19,24-25H,5,10-11,23H2,1-2H3;(H,6,7)/t19-;/m0./s1. The molecule has 0 bridgehead atoms. The molecule has 0 saturated carbocycles. The molecular weight excluding hydrogens is 485 g/mol. The van der Waals surface area contributed by atoms with Gasteiger partial charge in [0.2, 0.25) is 0 Å². The van der Waals surface area contributed by atoms with E-state index in [1.165, 1.54) is 6.07 Å². The lowest BCUT2D eigenvalue weighted by Crippen LogP contribution is -2.37. The van der Waals surface area contributed by atoms with Crippen LogP contribution in [-0.4, -0.2) is 59.1 Å². The van der Waals surface area contributed by atoms with Crippen LogP contribution in [0, 0.1) is 5.92 Å². The van der Waals surface area contributed by atoms with Crippen molar-refractivity contribution in [1.82, 2.24) is 0 Å². The number of hydrogen-bond acceptors (Lipinski definition) is 8. The summed E-state index contributed by atoms with van der Waals surface area (Å²) in [4.78, 5) is 46.4. The number of nitrogens with one attached hydrogen (secondary N) is 1. The molecule has 0 amide bonds. The summed E-state index contributed by atoms with van der Waals surface area (Å²) in [6, 6.07) is 8.85.